The van der Waals surface area contributed by atoms with Crippen LogP contribution in [0, 0.1) is 0 Å². The molecule has 1 aliphatic rings. The largest absolute Gasteiger partial charge is 0.495 e. The third-order valence-corrected chi connectivity index (χ3v) is 3.28. The quantitative estimate of drug-likeness (QED) is 0.686. The highest BCUT2D eigenvalue weighted by atomic mass is 16.5. The van der Waals surface area contributed by atoms with E-state index >= 15 is 0 Å². The fourth-order valence-corrected chi connectivity index (χ4v) is 2.58. The Kier molecular flexibility index (Phi) is 3.66. The zero-order valence-corrected chi connectivity index (χ0v) is 9.99. The minimum atomic E-state index is 0.327. The molecule has 2 rings (SSSR count). The predicted molar refractivity (Wildman–Crippen MR) is 67.3 cm³/mol. The van der Waals surface area contributed by atoms with Crippen LogP contribution in [0.3, 0.4) is 0 Å². The van der Waals surface area contributed by atoms with E-state index in [-0.39, 0.29) is 0 Å². The Morgan fingerprint density at radius 2 is 1.88 bits per heavy atom. The van der Waals surface area contributed by atoms with Crippen LogP contribution in [0.1, 0.15) is 44.1 Å². The average Bonchev–Trinajstić information content (AvgIpc) is 2.30. The van der Waals surface area contributed by atoms with Crippen molar-refractivity contribution in [3.05, 3.63) is 48.2 Å². The fourth-order valence-electron chi connectivity index (χ4n) is 2.58. The molecule has 0 amide bonds. The van der Waals surface area contributed by atoms with E-state index in [4.69, 9.17) is 4.74 Å². The molecule has 0 spiro atoms. The fraction of sp³-hybridized carbons (Fsp3) is 0.467. The van der Waals surface area contributed by atoms with Gasteiger partial charge in [0.05, 0.1) is 5.76 Å². The molecule has 86 valence electrons. The molecule has 0 radical (unpaired) electrons. The Bertz CT molecular complexity index is 342. The summed E-state index contributed by atoms with van der Waals surface area (Å²) in [6.45, 7) is 5.80. The van der Waals surface area contributed by atoms with E-state index in [2.05, 4.69) is 36.9 Å². The molecule has 0 bridgehead atoms. The highest BCUT2D eigenvalue weighted by molar-refractivity contribution is 5.21. The minimum Gasteiger partial charge on any atom is -0.495 e. The molecule has 1 aromatic carbocycles. The van der Waals surface area contributed by atoms with Crippen molar-refractivity contribution in [2.45, 2.75) is 44.6 Å². The van der Waals surface area contributed by atoms with E-state index < -0.39 is 0 Å². The standard InChI is InChI=1S/C15H20O/c1-12(2)16-15-11-7-6-10-14(15)13-8-4-3-5-9-13/h3-5,8-9,14-15H,1,6-7,10-11H2,2H3/t14-,15+/m0/s1. The Balaban J connectivity index is 2.13. The maximum Gasteiger partial charge on any atom is 0.105 e. The first-order chi connectivity index (χ1) is 7.77. The molecule has 0 aromatic heterocycles. The second-order valence-electron chi connectivity index (χ2n) is 4.66. The van der Waals surface area contributed by atoms with Crippen LogP contribution in [0.5, 0.6) is 0 Å². The zero-order chi connectivity index (χ0) is 11.4. The van der Waals surface area contributed by atoms with Crippen LogP contribution in [0.25, 0.3) is 0 Å². The third kappa shape index (κ3) is 2.66. The molecule has 16 heavy (non-hydrogen) atoms. The summed E-state index contributed by atoms with van der Waals surface area (Å²) in [5.74, 6) is 1.39. The first kappa shape index (κ1) is 11.3. The van der Waals surface area contributed by atoms with Crippen molar-refractivity contribution >= 4 is 0 Å². The Morgan fingerprint density at radius 3 is 2.56 bits per heavy atom. The van der Waals surface area contributed by atoms with E-state index in [9.17, 15) is 0 Å². The van der Waals surface area contributed by atoms with Gasteiger partial charge in [-0.05, 0) is 31.7 Å². The number of rotatable bonds is 3. The van der Waals surface area contributed by atoms with Crippen LogP contribution >= 0.6 is 0 Å². The van der Waals surface area contributed by atoms with Crippen molar-refractivity contribution in [2.75, 3.05) is 0 Å². The van der Waals surface area contributed by atoms with Gasteiger partial charge >= 0.3 is 0 Å². The van der Waals surface area contributed by atoms with Crippen LogP contribution < -0.4 is 0 Å². The topological polar surface area (TPSA) is 9.23 Å². The zero-order valence-electron chi connectivity index (χ0n) is 9.99. The number of benzene rings is 1. The van der Waals surface area contributed by atoms with E-state index in [1.54, 1.807) is 0 Å². The molecule has 1 heteroatoms. The molecule has 0 unspecified atom stereocenters. The van der Waals surface area contributed by atoms with Gasteiger partial charge in [-0.25, -0.2) is 0 Å². The van der Waals surface area contributed by atoms with E-state index in [0.717, 1.165) is 12.2 Å². The molecule has 1 aromatic rings. The van der Waals surface area contributed by atoms with Gasteiger partial charge in [-0.1, -0.05) is 43.3 Å². The average molecular weight is 216 g/mol. The molecular formula is C15H20O. The molecule has 1 saturated carbocycles. The summed E-state index contributed by atoms with van der Waals surface area (Å²) in [5, 5.41) is 0. The Labute approximate surface area is 98.1 Å². The molecule has 0 heterocycles. The van der Waals surface area contributed by atoms with Crippen LogP contribution in [-0.4, -0.2) is 6.10 Å². The van der Waals surface area contributed by atoms with Gasteiger partial charge in [0.1, 0.15) is 6.10 Å². The highest BCUT2D eigenvalue weighted by Gasteiger charge is 2.27. The van der Waals surface area contributed by atoms with Gasteiger partial charge in [0.2, 0.25) is 0 Å². The Hall–Kier alpha value is -1.24. The smallest absolute Gasteiger partial charge is 0.105 e. The van der Waals surface area contributed by atoms with Gasteiger partial charge in [-0.3, -0.25) is 0 Å². The lowest BCUT2D eigenvalue weighted by atomic mass is 9.81. The summed E-state index contributed by atoms with van der Waals surface area (Å²) >= 11 is 0. The molecule has 1 aliphatic carbocycles. The SMILES string of the molecule is C=C(C)O[C@@H]1CCCC[C@H]1c1ccccc1. The number of hydrogen-bond acceptors (Lipinski definition) is 1. The number of allylic oxidation sites excluding steroid dienone is 1. The molecule has 0 aliphatic heterocycles. The van der Waals surface area contributed by atoms with E-state index in [1.807, 2.05) is 6.92 Å². The molecule has 1 fully saturated rings. The van der Waals surface area contributed by atoms with Crippen LogP contribution in [0.4, 0.5) is 0 Å². The van der Waals surface area contributed by atoms with Gasteiger partial charge in [0.15, 0.2) is 0 Å². The van der Waals surface area contributed by atoms with Crippen molar-refractivity contribution in [1.29, 1.82) is 0 Å². The van der Waals surface area contributed by atoms with E-state index in [1.165, 1.54) is 24.8 Å². The normalized spacial score (nSPS) is 25.1. The van der Waals surface area contributed by atoms with Crippen molar-refractivity contribution in [3.8, 4) is 0 Å². The monoisotopic (exact) mass is 216 g/mol. The molecule has 0 saturated heterocycles. The van der Waals surface area contributed by atoms with Gasteiger partial charge < -0.3 is 4.74 Å². The number of ether oxygens (including phenoxy) is 1. The lowest BCUT2D eigenvalue weighted by Gasteiger charge is -2.32. The van der Waals surface area contributed by atoms with Gasteiger partial charge in [-0.15, -0.1) is 0 Å². The number of hydrogen-bond donors (Lipinski definition) is 0. The molecular weight excluding hydrogens is 196 g/mol. The molecule has 0 N–H and O–H groups in total. The van der Waals surface area contributed by atoms with Gasteiger partial charge in [-0.2, -0.15) is 0 Å². The summed E-state index contributed by atoms with van der Waals surface area (Å²) < 4.78 is 5.86. The lowest BCUT2D eigenvalue weighted by molar-refractivity contribution is 0.0652. The van der Waals surface area contributed by atoms with E-state index in [0.29, 0.717) is 12.0 Å². The van der Waals surface area contributed by atoms with Crippen LogP contribution in [-0.2, 0) is 4.74 Å². The maximum atomic E-state index is 5.86. The second-order valence-corrected chi connectivity index (χ2v) is 4.66. The van der Waals surface area contributed by atoms with Crippen molar-refractivity contribution in [3.63, 3.8) is 0 Å². The lowest BCUT2D eigenvalue weighted by Crippen LogP contribution is -2.25. The summed E-state index contributed by atoms with van der Waals surface area (Å²) in [6, 6.07) is 10.7. The van der Waals surface area contributed by atoms with Crippen molar-refractivity contribution in [2.24, 2.45) is 0 Å². The second kappa shape index (κ2) is 5.20. The third-order valence-electron chi connectivity index (χ3n) is 3.28. The minimum absolute atomic E-state index is 0.327. The summed E-state index contributed by atoms with van der Waals surface area (Å²) in [6.07, 6.45) is 5.32. The van der Waals surface area contributed by atoms with Crippen molar-refractivity contribution in [1.82, 2.24) is 0 Å². The first-order valence-electron chi connectivity index (χ1n) is 6.14. The summed E-state index contributed by atoms with van der Waals surface area (Å²) in [7, 11) is 0. The van der Waals surface area contributed by atoms with Gasteiger partial charge in [0, 0.05) is 5.92 Å². The molecule has 2 atom stereocenters. The summed E-state index contributed by atoms with van der Waals surface area (Å²) in [4.78, 5) is 0. The predicted octanol–water partition coefficient (Wildman–Crippen LogP) is 4.26. The highest BCUT2D eigenvalue weighted by Crippen LogP contribution is 2.35. The summed E-state index contributed by atoms with van der Waals surface area (Å²) in [5.41, 5.74) is 1.41. The van der Waals surface area contributed by atoms with Gasteiger partial charge in [0.25, 0.3) is 0 Å². The first-order valence-corrected chi connectivity index (χ1v) is 6.14. The van der Waals surface area contributed by atoms with Crippen molar-refractivity contribution < 1.29 is 4.74 Å². The molecule has 1 nitrogen and oxygen atoms in total. The van der Waals surface area contributed by atoms with Crippen LogP contribution in [0.15, 0.2) is 42.7 Å². The van der Waals surface area contributed by atoms with Crippen LogP contribution in [0.2, 0.25) is 0 Å². The Morgan fingerprint density at radius 1 is 1.19 bits per heavy atom. The maximum absolute atomic E-state index is 5.86.